The molecule has 0 aliphatic rings. The van der Waals surface area contributed by atoms with E-state index < -0.39 is 6.10 Å². The van der Waals surface area contributed by atoms with E-state index in [-0.39, 0.29) is 5.69 Å². The van der Waals surface area contributed by atoms with Crippen molar-refractivity contribution in [2.24, 2.45) is 0 Å². The van der Waals surface area contributed by atoms with Gasteiger partial charge in [-0.3, -0.25) is 4.57 Å². The van der Waals surface area contributed by atoms with Gasteiger partial charge in [0.25, 0.3) is 0 Å². The Labute approximate surface area is 116 Å². The fourth-order valence-corrected chi connectivity index (χ4v) is 2.41. The zero-order valence-electron chi connectivity index (χ0n) is 11.4. The minimum absolute atomic E-state index is 0.197. The molecule has 0 amide bonds. The summed E-state index contributed by atoms with van der Waals surface area (Å²) < 4.78 is 6.49. The molecule has 0 aromatic carbocycles. The molecule has 1 aromatic rings. The van der Waals surface area contributed by atoms with Crippen LogP contribution in [0.2, 0.25) is 0 Å². The Morgan fingerprint density at radius 2 is 2.42 bits per heavy atom. The molecule has 1 aromatic heterocycles. The number of hydrogen-bond donors (Lipinski definition) is 3. The standard InChI is InChI=1S/C11H22N4O3S/c1-3-5-15-10(17)13-14-11(15)19-8-9(16)7-12-4-6-18-2/h9,12,16H,3-8H2,1-2H3,(H,13,17). The zero-order chi connectivity index (χ0) is 14.1. The third kappa shape index (κ3) is 5.77. The smallest absolute Gasteiger partial charge is 0.343 e. The van der Waals surface area contributed by atoms with Crippen molar-refractivity contribution in [1.82, 2.24) is 20.1 Å². The van der Waals surface area contributed by atoms with Crippen LogP contribution >= 0.6 is 11.8 Å². The van der Waals surface area contributed by atoms with Gasteiger partial charge in [-0.15, -0.1) is 5.10 Å². The van der Waals surface area contributed by atoms with Gasteiger partial charge in [-0.25, -0.2) is 9.89 Å². The van der Waals surface area contributed by atoms with Crippen molar-refractivity contribution in [3.8, 4) is 0 Å². The quantitative estimate of drug-likeness (QED) is 0.404. The van der Waals surface area contributed by atoms with Crippen LogP contribution in [0.5, 0.6) is 0 Å². The molecule has 0 aliphatic carbocycles. The maximum Gasteiger partial charge on any atom is 0.343 e. The number of aliphatic hydroxyl groups is 1. The second-order valence-electron chi connectivity index (χ2n) is 4.12. The molecule has 0 saturated heterocycles. The SMILES string of the molecule is CCCn1c(SCC(O)CNCCOC)n[nH]c1=O. The number of ether oxygens (including phenoxy) is 1. The molecule has 8 heteroatoms. The monoisotopic (exact) mass is 290 g/mol. The molecule has 3 N–H and O–H groups in total. The van der Waals surface area contributed by atoms with Crippen LogP contribution in [-0.2, 0) is 11.3 Å². The van der Waals surface area contributed by atoms with E-state index in [1.165, 1.54) is 11.8 Å². The number of thioether (sulfide) groups is 1. The van der Waals surface area contributed by atoms with Crippen molar-refractivity contribution >= 4 is 11.8 Å². The lowest BCUT2D eigenvalue weighted by Crippen LogP contribution is -2.30. The summed E-state index contributed by atoms with van der Waals surface area (Å²) in [5.41, 5.74) is -0.197. The predicted octanol–water partition coefficient (Wildman–Crippen LogP) is -0.330. The first-order chi connectivity index (χ1) is 9.19. The van der Waals surface area contributed by atoms with Gasteiger partial charge in [0.2, 0.25) is 0 Å². The normalized spacial score (nSPS) is 12.8. The Balaban J connectivity index is 2.33. The molecule has 1 rings (SSSR count). The first-order valence-corrected chi connectivity index (χ1v) is 7.33. The molecule has 0 saturated carbocycles. The Kier molecular flexibility index (Phi) is 7.80. The van der Waals surface area contributed by atoms with E-state index in [9.17, 15) is 9.90 Å². The second kappa shape index (κ2) is 9.13. The fourth-order valence-electron chi connectivity index (χ4n) is 1.51. The average Bonchev–Trinajstić information content (AvgIpc) is 2.74. The summed E-state index contributed by atoms with van der Waals surface area (Å²) in [5.74, 6) is 0.494. The minimum Gasteiger partial charge on any atom is -0.391 e. The molecular weight excluding hydrogens is 268 g/mol. The van der Waals surface area contributed by atoms with Crippen LogP contribution in [0.25, 0.3) is 0 Å². The van der Waals surface area contributed by atoms with Crippen LogP contribution in [0.3, 0.4) is 0 Å². The summed E-state index contributed by atoms with van der Waals surface area (Å²) in [6, 6.07) is 0. The Morgan fingerprint density at radius 1 is 1.63 bits per heavy atom. The van der Waals surface area contributed by atoms with Gasteiger partial charge in [-0.1, -0.05) is 18.7 Å². The lowest BCUT2D eigenvalue weighted by molar-refractivity contribution is 0.175. The molecule has 0 bridgehead atoms. The van der Waals surface area contributed by atoms with Crippen LogP contribution in [0, 0.1) is 0 Å². The van der Waals surface area contributed by atoms with Crippen molar-refractivity contribution in [1.29, 1.82) is 0 Å². The molecule has 1 unspecified atom stereocenters. The van der Waals surface area contributed by atoms with Crippen LogP contribution < -0.4 is 11.0 Å². The molecule has 110 valence electrons. The van der Waals surface area contributed by atoms with Gasteiger partial charge in [-0.05, 0) is 6.42 Å². The highest BCUT2D eigenvalue weighted by Gasteiger charge is 2.11. The lowest BCUT2D eigenvalue weighted by Gasteiger charge is -2.11. The maximum absolute atomic E-state index is 11.5. The number of aliphatic hydroxyl groups excluding tert-OH is 1. The van der Waals surface area contributed by atoms with E-state index in [4.69, 9.17) is 4.74 Å². The van der Waals surface area contributed by atoms with Crippen LogP contribution in [0.4, 0.5) is 0 Å². The summed E-state index contributed by atoms with van der Waals surface area (Å²) in [4.78, 5) is 11.5. The van der Waals surface area contributed by atoms with Gasteiger partial charge >= 0.3 is 5.69 Å². The Bertz CT molecular complexity index is 407. The summed E-state index contributed by atoms with van der Waals surface area (Å²) in [6.45, 7) is 4.47. The molecular formula is C11H22N4O3S. The number of nitrogens with one attached hydrogen (secondary N) is 2. The molecule has 0 aliphatic heterocycles. The van der Waals surface area contributed by atoms with Gasteiger partial charge in [0.05, 0.1) is 12.7 Å². The van der Waals surface area contributed by atoms with E-state index in [2.05, 4.69) is 15.5 Å². The topological polar surface area (TPSA) is 92.2 Å². The van der Waals surface area contributed by atoms with E-state index in [0.717, 1.165) is 6.42 Å². The van der Waals surface area contributed by atoms with Crippen molar-refractivity contribution < 1.29 is 9.84 Å². The largest absolute Gasteiger partial charge is 0.391 e. The van der Waals surface area contributed by atoms with Gasteiger partial charge < -0.3 is 15.2 Å². The number of nitrogens with zero attached hydrogens (tertiary/aromatic N) is 2. The molecule has 0 spiro atoms. The first kappa shape index (κ1) is 16.2. The number of aromatic nitrogens is 3. The number of hydrogen-bond acceptors (Lipinski definition) is 6. The summed E-state index contributed by atoms with van der Waals surface area (Å²) in [6.07, 6.45) is 0.387. The maximum atomic E-state index is 11.5. The molecule has 1 atom stereocenters. The van der Waals surface area contributed by atoms with Crippen molar-refractivity contribution in [3.63, 3.8) is 0 Å². The first-order valence-electron chi connectivity index (χ1n) is 6.34. The van der Waals surface area contributed by atoms with Crippen LogP contribution in [0.15, 0.2) is 9.95 Å². The van der Waals surface area contributed by atoms with Crippen LogP contribution in [-0.4, -0.2) is 58.5 Å². The van der Waals surface area contributed by atoms with Crippen molar-refractivity contribution in [2.45, 2.75) is 31.1 Å². The lowest BCUT2D eigenvalue weighted by atomic mass is 10.4. The van der Waals surface area contributed by atoms with Gasteiger partial charge in [0, 0.05) is 32.5 Å². The third-order valence-electron chi connectivity index (χ3n) is 2.44. The Morgan fingerprint density at radius 3 is 3.11 bits per heavy atom. The van der Waals surface area contributed by atoms with E-state index in [1.54, 1.807) is 11.7 Å². The van der Waals surface area contributed by atoms with Crippen molar-refractivity contribution in [3.05, 3.63) is 10.5 Å². The second-order valence-corrected chi connectivity index (χ2v) is 5.11. The third-order valence-corrected chi connectivity index (χ3v) is 3.56. The highest BCUT2D eigenvalue weighted by molar-refractivity contribution is 7.99. The number of methoxy groups -OCH3 is 1. The minimum atomic E-state index is -0.483. The number of rotatable bonds is 10. The highest BCUT2D eigenvalue weighted by atomic mass is 32.2. The molecule has 7 nitrogen and oxygen atoms in total. The predicted molar refractivity (Wildman–Crippen MR) is 74.6 cm³/mol. The van der Waals surface area contributed by atoms with E-state index in [0.29, 0.717) is 37.2 Å². The van der Waals surface area contributed by atoms with Gasteiger partial charge in [0.1, 0.15) is 0 Å². The molecule has 19 heavy (non-hydrogen) atoms. The van der Waals surface area contributed by atoms with Crippen molar-refractivity contribution in [2.75, 3.05) is 32.6 Å². The summed E-state index contributed by atoms with van der Waals surface area (Å²) >= 11 is 1.38. The van der Waals surface area contributed by atoms with Gasteiger partial charge in [-0.2, -0.15) is 0 Å². The van der Waals surface area contributed by atoms with Crippen LogP contribution in [0.1, 0.15) is 13.3 Å². The summed E-state index contributed by atoms with van der Waals surface area (Å²) in [7, 11) is 1.64. The highest BCUT2D eigenvalue weighted by Crippen LogP contribution is 2.14. The van der Waals surface area contributed by atoms with E-state index >= 15 is 0 Å². The molecule has 0 radical (unpaired) electrons. The van der Waals surface area contributed by atoms with E-state index in [1.807, 2.05) is 6.92 Å². The molecule has 1 heterocycles. The average molecular weight is 290 g/mol. The van der Waals surface area contributed by atoms with Gasteiger partial charge in [0.15, 0.2) is 5.16 Å². The Hall–Kier alpha value is -0.830. The molecule has 0 fully saturated rings. The summed E-state index contributed by atoms with van der Waals surface area (Å²) in [5, 5.41) is 19.9. The number of H-pyrrole nitrogens is 1. The fraction of sp³-hybridized carbons (Fsp3) is 0.818. The number of aromatic amines is 1. The zero-order valence-corrected chi connectivity index (χ0v) is 12.2.